The summed E-state index contributed by atoms with van der Waals surface area (Å²) in [6, 6.07) is 5.70. The molecule has 0 atom stereocenters. The van der Waals surface area contributed by atoms with Crippen LogP contribution in [0.1, 0.15) is 57.8 Å². The van der Waals surface area contributed by atoms with Crippen molar-refractivity contribution < 1.29 is 14.3 Å². The fraction of sp³-hybridized carbons (Fsp3) is 0.652. The summed E-state index contributed by atoms with van der Waals surface area (Å²) in [5.74, 6) is 3.24. The highest BCUT2D eigenvalue weighted by molar-refractivity contribution is 5.98. The summed E-state index contributed by atoms with van der Waals surface area (Å²) < 4.78 is 5.57. The molecule has 0 unspecified atom stereocenters. The lowest BCUT2D eigenvalue weighted by molar-refractivity contribution is -0.140. The van der Waals surface area contributed by atoms with Crippen molar-refractivity contribution in [2.45, 2.75) is 57.8 Å². The second kappa shape index (κ2) is 6.78. The lowest BCUT2D eigenvalue weighted by Gasteiger charge is -2.55. The molecular weight excluding hydrogens is 352 g/mol. The molecular formula is C23H30N2O3. The number of carbonyl (C=O) groups excluding carboxylic acids is 2. The average Bonchev–Trinajstić information content (AvgIpc) is 2.67. The molecule has 28 heavy (non-hydrogen) atoms. The highest BCUT2D eigenvalue weighted by Crippen LogP contribution is 2.60. The maximum Gasteiger partial charge on any atom is 0.230 e. The smallest absolute Gasteiger partial charge is 0.230 e. The van der Waals surface area contributed by atoms with Crippen molar-refractivity contribution >= 4 is 23.2 Å². The molecule has 4 aliphatic carbocycles. The van der Waals surface area contributed by atoms with Crippen LogP contribution in [0.5, 0.6) is 5.75 Å². The average molecular weight is 383 g/mol. The third-order valence-corrected chi connectivity index (χ3v) is 7.57. The van der Waals surface area contributed by atoms with Crippen LogP contribution in [0, 0.1) is 23.2 Å². The highest BCUT2D eigenvalue weighted by atomic mass is 16.5. The Morgan fingerprint density at radius 3 is 2.39 bits per heavy atom. The van der Waals surface area contributed by atoms with E-state index in [1.807, 2.05) is 23.1 Å². The van der Waals surface area contributed by atoms with Crippen LogP contribution in [-0.4, -0.2) is 25.5 Å². The van der Waals surface area contributed by atoms with Crippen LogP contribution in [0.25, 0.3) is 0 Å². The Bertz CT molecular complexity index is 768. The van der Waals surface area contributed by atoms with Gasteiger partial charge in [-0.3, -0.25) is 9.59 Å². The van der Waals surface area contributed by atoms with Crippen molar-refractivity contribution in [3.05, 3.63) is 18.2 Å². The van der Waals surface area contributed by atoms with E-state index in [-0.39, 0.29) is 17.2 Å². The summed E-state index contributed by atoms with van der Waals surface area (Å²) in [4.78, 5) is 27.4. The number of hydrogen-bond acceptors (Lipinski definition) is 3. The van der Waals surface area contributed by atoms with E-state index in [0.717, 1.165) is 67.8 Å². The molecule has 6 rings (SSSR count). The molecule has 0 radical (unpaired) electrons. The number of methoxy groups -OCH3 is 1. The predicted molar refractivity (Wildman–Crippen MR) is 108 cm³/mol. The van der Waals surface area contributed by atoms with Gasteiger partial charge in [0.1, 0.15) is 5.75 Å². The van der Waals surface area contributed by atoms with Crippen molar-refractivity contribution in [3.8, 4) is 5.75 Å². The molecule has 5 nitrogen and oxygen atoms in total. The second-order valence-corrected chi connectivity index (χ2v) is 9.54. The first-order valence-corrected chi connectivity index (χ1v) is 10.9. The minimum Gasteiger partial charge on any atom is -0.494 e. The summed E-state index contributed by atoms with van der Waals surface area (Å²) >= 11 is 0. The van der Waals surface area contributed by atoms with Crippen molar-refractivity contribution in [2.24, 2.45) is 23.2 Å². The zero-order valence-electron chi connectivity index (χ0n) is 16.7. The van der Waals surface area contributed by atoms with Crippen molar-refractivity contribution in [3.63, 3.8) is 0 Å². The van der Waals surface area contributed by atoms with Gasteiger partial charge in [-0.15, -0.1) is 0 Å². The van der Waals surface area contributed by atoms with E-state index in [1.165, 1.54) is 19.3 Å². The van der Waals surface area contributed by atoms with Gasteiger partial charge in [-0.05, 0) is 81.3 Å². The van der Waals surface area contributed by atoms with Crippen molar-refractivity contribution in [1.29, 1.82) is 0 Å². The lowest BCUT2D eigenvalue weighted by atomic mass is 9.49. The molecule has 5 fully saturated rings. The topological polar surface area (TPSA) is 58.6 Å². The van der Waals surface area contributed by atoms with Crippen LogP contribution in [0.15, 0.2) is 18.2 Å². The Balaban J connectivity index is 1.35. The molecule has 5 aliphatic rings. The highest BCUT2D eigenvalue weighted by Gasteiger charge is 2.54. The SMILES string of the molecule is COc1cc(NC(=O)C23CC4CC(CC(C4)C2)C3)ccc1N1CCCCC1=O. The Kier molecular flexibility index (Phi) is 4.37. The number of benzene rings is 1. The fourth-order valence-electron chi connectivity index (χ4n) is 6.69. The molecule has 1 aromatic carbocycles. The number of nitrogens with one attached hydrogen (secondary N) is 1. The minimum absolute atomic E-state index is 0.148. The fourth-order valence-corrected chi connectivity index (χ4v) is 6.69. The molecule has 150 valence electrons. The van der Waals surface area contributed by atoms with Crippen LogP contribution in [0.4, 0.5) is 11.4 Å². The van der Waals surface area contributed by atoms with Gasteiger partial charge in [-0.2, -0.15) is 0 Å². The normalized spacial score (nSPS) is 33.8. The number of piperidine rings is 1. The maximum absolute atomic E-state index is 13.3. The number of amides is 2. The molecule has 4 saturated carbocycles. The van der Waals surface area contributed by atoms with Crippen molar-refractivity contribution in [1.82, 2.24) is 0 Å². The van der Waals surface area contributed by atoms with E-state index in [2.05, 4.69) is 5.32 Å². The summed E-state index contributed by atoms with van der Waals surface area (Å²) in [6.45, 7) is 0.730. The van der Waals surface area contributed by atoms with E-state index in [4.69, 9.17) is 4.74 Å². The molecule has 0 aromatic heterocycles. The summed E-state index contributed by atoms with van der Waals surface area (Å²) in [7, 11) is 1.62. The van der Waals surface area contributed by atoms with Crippen LogP contribution >= 0.6 is 0 Å². The third-order valence-electron chi connectivity index (χ3n) is 7.57. The second-order valence-electron chi connectivity index (χ2n) is 9.54. The number of ether oxygens (including phenoxy) is 1. The van der Waals surface area contributed by atoms with Crippen LogP contribution < -0.4 is 15.0 Å². The first-order valence-electron chi connectivity index (χ1n) is 10.9. The summed E-state index contributed by atoms with van der Waals surface area (Å²) in [5.41, 5.74) is 1.41. The van der Waals surface area contributed by atoms with Gasteiger partial charge in [-0.25, -0.2) is 0 Å². The lowest BCUT2D eigenvalue weighted by Crippen LogP contribution is -2.51. The Morgan fingerprint density at radius 1 is 1.11 bits per heavy atom. The van der Waals surface area contributed by atoms with Crippen LogP contribution in [0.2, 0.25) is 0 Å². The predicted octanol–water partition coefficient (Wildman–Crippen LogP) is 4.37. The number of carbonyl (C=O) groups is 2. The van der Waals surface area contributed by atoms with Gasteiger partial charge in [0.2, 0.25) is 11.8 Å². The van der Waals surface area contributed by atoms with E-state index >= 15 is 0 Å². The number of nitrogens with zero attached hydrogens (tertiary/aromatic N) is 1. The van der Waals surface area contributed by atoms with Crippen molar-refractivity contribution in [2.75, 3.05) is 23.9 Å². The Hall–Kier alpha value is -2.04. The van der Waals surface area contributed by atoms with Gasteiger partial charge < -0.3 is 15.0 Å². The molecule has 1 aliphatic heterocycles. The molecule has 1 heterocycles. The van der Waals surface area contributed by atoms with Crippen LogP contribution in [0.3, 0.4) is 0 Å². The van der Waals surface area contributed by atoms with E-state index in [9.17, 15) is 9.59 Å². The molecule has 1 aromatic rings. The van der Waals surface area contributed by atoms with Gasteiger partial charge in [-0.1, -0.05) is 0 Å². The van der Waals surface area contributed by atoms with E-state index in [1.54, 1.807) is 7.11 Å². The van der Waals surface area contributed by atoms with E-state index < -0.39 is 0 Å². The van der Waals surface area contributed by atoms with Crippen LogP contribution in [-0.2, 0) is 9.59 Å². The minimum atomic E-state index is -0.163. The third kappa shape index (κ3) is 2.99. The first kappa shape index (κ1) is 18.0. The maximum atomic E-state index is 13.3. The largest absolute Gasteiger partial charge is 0.494 e. The molecule has 1 N–H and O–H groups in total. The molecule has 4 bridgehead atoms. The summed E-state index contributed by atoms with van der Waals surface area (Å²) in [5, 5.41) is 3.19. The quantitative estimate of drug-likeness (QED) is 0.841. The first-order chi connectivity index (χ1) is 13.6. The molecule has 1 saturated heterocycles. The molecule has 5 heteroatoms. The summed E-state index contributed by atoms with van der Waals surface area (Å²) in [6.07, 6.45) is 9.73. The number of anilines is 2. The zero-order valence-corrected chi connectivity index (χ0v) is 16.7. The van der Waals surface area contributed by atoms with Gasteiger partial charge in [0.05, 0.1) is 18.2 Å². The monoisotopic (exact) mass is 382 g/mol. The Labute approximate surface area is 166 Å². The van der Waals surface area contributed by atoms with E-state index in [0.29, 0.717) is 12.2 Å². The molecule has 2 amide bonds. The Morgan fingerprint density at radius 2 is 1.79 bits per heavy atom. The number of hydrogen-bond donors (Lipinski definition) is 1. The standard InChI is InChI=1S/C23H30N2O3/c1-28-20-11-18(5-6-19(20)25-7-3-2-4-21(25)26)24-22(27)23-12-15-8-16(13-23)10-17(9-15)14-23/h5-6,11,15-17H,2-4,7-10,12-14H2,1H3,(H,24,27). The van der Waals surface area contributed by atoms with Gasteiger partial charge in [0.25, 0.3) is 0 Å². The van der Waals surface area contributed by atoms with Gasteiger partial charge in [0, 0.05) is 24.7 Å². The number of rotatable bonds is 4. The van der Waals surface area contributed by atoms with Gasteiger partial charge in [0.15, 0.2) is 0 Å². The molecule has 0 spiro atoms. The zero-order chi connectivity index (χ0) is 19.3. The van der Waals surface area contributed by atoms with Gasteiger partial charge >= 0.3 is 0 Å².